The van der Waals surface area contributed by atoms with Crippen LogP contribution in [-0.2, 0) is 9.53 Å². The van der Waals surface area contributed by atoms with Gasteiger partial charge in [-0.1, -0.05) is 0 Å². The van der Waals surface area contributed by atoms with Crippen molar-refractivity contribution in [3.8, 4) is 0 Å². The zero-order chi connectivity index (χ0) is 9.42. The van der Waals surface area contributed by atoms with E-state index >= 15 is 0 Å². The average molecular weight is 185 g/mol. The van der Waals surface area contributed by atoms with E-state index in [1.54, 1.807) is 0 Å². The molecule has 0 spiro atoms. The monoisotopic (exact) mass is 185 g/mol. The first kappa shape index (κ1) is 8.34. The Balaban J connectivity index is 1.90. The van der Waals surface area contributed by atoms with Crippen molar-refractivity contribution in [1.29, 1.82) is 0 Å². The molecule has 1 amide bonds. The molecule has 5 heteroatoms. The van der Waals surface area contributed by atoms with Crippen molar-refractivity contribution < 1.29 is 19.4 Å². The molecule has 1 aliphatic heterocycles. The van der Waals surface area contributed by atoms with Crippen LogP contribution in [0, 0.1) is 5.92 Å². The van der Waals surface area contributed by atoms with Crippen LogP contribution in [0.5, 0.6) is 0 Å². The largest absolute Gasteiger partial charge is 0.478 e. The van der Waals surface area contributed by atoms with Crippen LogP contribution in [0.1, 0.15) is 12.8 Å². The Morgan fingerprint density at radius 3 is 2.77 bits per heavy atom. The van der Waals surface area contributed by atoms with Gasteiger partial charge in [0, 0.05) is 6.54 Å². The second-order valence-electron chi connectivity index (χ2n) is 3.56. The van der Waals surface area contributed by atoms with E-state index in [1.807, 2.05) is 0 Å². The van der Waals surface area contributed by atoms with Crippen molar-refractivity contribution in [1.82, 2.24) is 4.90 Å². The number of carboxylic acid groups (broad SMARTS) is 1. The third-order valence-corrected chi connectivity index (χ3v) is 2.34. The van der Waals surface area contributed by atoms with Gasteiger partial charge < -0.3 is 14.7 Å². The van der Waals surface area contributed by atoms with Gasteiger partial charge in [-0.2, -0.15) is 0 Å². The van der Waals surface area contributed by atoms with Crippen LogP contribution in [0.25, 0.3) is 0 Å². The highest BCUT2D eigenvalue weighted by Crippen LogP contribution is 2.31. The maximum Gasteiger partial charge on any atom is 0.410 e. The van der Waals surface area contributed by atoms with Crippen LogP contribution in [0.4, 0.5) is 4.79 Å². The fourth-order valence-corrected chi connectivity index (χ4v) is 1.40. The van der Waals surface area contributed by atoms with Crippen molar-refractivity contribution in [3.63, 3.8) is 0 Å². The van der Waals surface area contributed by atoms with Crippen molar-refractivity contribution in [2.75, 3.05) is 13.1 Å². The highest BCUT2D eigenvalue weighted by molar-refractivity contribution is 5.81. The van der Waals surface area contributed by atoms with E-state index in [2.05, 4.69) is 4.74 Å². The van der Waals surface area contributed by atoms with Gasteiger partial charge in [-0.05, 0) is 18.8 Å². The summed E-state index contributed by atoms with van der Waals surface area (Å²) in [5.74, 6) is -0.494. The first-order valence-electron chi connectivity index (χ1n) is 4.35. The number of cyclic esters (lactones) is 1. The molecule has 1 atom stereocenters. The summed E-state index contributed by atoms with van der Waals surface area (Å²) in [7, 11) is 0. The summed E-state index contributed by atoms with van der Waals surface area (Å²) >= 11 is 0. The van der Waals surface area contributed by atoms with Gasteiger partial charge in [0.05, 0.1) is 6.54 Å². The SMILES string of the molecule is O=C(O)[C@@H]1CN(CC2CC2)C(=O)O1. The number of carboxylic acids is 1. The molecule has 1 heterocycles. The van der Waals surface area contributed by atoms with Crippen molar-refractivity contribution in [3.05, 3.63) is 0 Å². The minimum Gasteiger partial charge on any atom is -0.478 e. The molecule has 0 aromatic heterocycles. The van der Waals surface area contributed by atoms with Gasteiger partial charge in [0.15, 0.2) is 0 Å². The molecule has 1 N–H and O–H groups in total. The molecule has 2 fully saturated rings. The van der Waals surface area contributed by atoms with Gasteiger partial charge in [-0.3, -0.25) is 0 Å². The maximum absolute atomic E-state index is 11.1. The summed E-state index contributed by atoms with van der Waals surface area (Å²) < 4.78 is 4.65. The molecular formula is C8H11NO4. The molecule has 0 unspecified atom stereocenters. The van der Waals surface area contributed by atoms with Gasteiger partial charge in [0.25, 0.3) is 0 Å². The molecular weight excluding hydrogens is 174 g/mol. The van der Waals surface area contributed by atoms with E-state index in [4.69, 9.17) is 5.11 Å². The summed E-state index contributed by atoms with van der Waals surface area (Å²) in [5.41, 5.74) is 0. The van der Waals surface area contributed by atoms with Crippen LogP contribution in [0.3, 0.4) is 0 Å². The predicted octanol–water partition coefficient (Wildman–Crippen LogP) is 0.302. The number of amides is 1. The molecule has 1 saturated heterocycles. The van der Waals surface area contributed by atoms with Crippen molar-refractivity contribution in [2.24, 2.45) is 5.92 Å². The quantitative estimate of drug-likeness (QED) is 0.686. The smallest absolute Gasteiger partial charge is 0.410 e. The van der Waals surface area contributed by atoms with Crippen molar-refractivity contribution in [2.45, 2.75) is 18.9 Å². The van der Waals surface area contributed by atoms with Crippen molar-refractivity contribution >= 4 is 12.1 Å². The van der Waals surface area contributed by atoms with Gasteiger partial charge in [0.1, 0.15) is 0 Å². The Morgan fingerprint density at radius 1 is 1.62 bits per heavy atom. The highest BCUT2D eigenvalue weighted by atomic mass is 16.6. The van der Waals surface area contributed by atoms with Crippen LogP contribution in [0.2, 0.25) is 0 Å². The third-order valence-electron chi connectivity index (χ3n) is 2.34. The molecule has 2 aliphatic rings. The lowest BCUT2D eigenvalue weighted by Gasteiger charge is -2.10. The normalized spacial score (nSPS) is 27.5. The summed E-state index contributed by atoms with van der Waals surface area (Å²) in [4.78, 5) is 23.1. The Labute approximate surface area is 75.3 Å². The first-order valence-corrected chi connectivity index (χ1v) is 4.35. The van der Waals surface area contributed by atoms with E-state index in [0.717, 1.165) is 12.8 Å². The lowest BCUT2D eigenvalue weighted by atomic mass is 10.3. The third kappa shape index (κ3) is 1.74. The summed E-state index contributed by atoms with van der Waals surface area (Å²) in [6.45, 7) is 0.854. The number of ether oxygens (including phenoxy) is 1. The van der Waals surface area contributed by atoms with Gasteiger partial charge in [-0.15, -0.1) is 0 Å². The number of carbonyl (C=O) groups is 2. The van der Waals surface area contributed by atoms with Crippen LogP contribution >= 0.6 is 0 Å². The zero-order valence-electron chi connectivity index (χ0n) is 7.10. The molecule has 0 radical (unpaired) electrons. The second-order valence-corrected chi connectivity index (χ2v) is 3.56. The molecule has 72 valence electrons. The number of aliphatic carboxylic acids is 1. The highest BCUT2D eigenvalue weighted by Gasteiger charge is 2.38. The van der Waals surface area contributed by atoms with Gasteiger partial charge in [0.2, 0.25) is 6.10 Å². The maximum atomic E-state index is 11.1. The van der Waals surface area contributed by atoms with Gasteiger partial charge >= 0.3 is 12.1 Å². The van der Waals surface area contributed by atoms with E-state index in [0.29, 0.717) is 12.5 Å². The lowest BCUT2D eigenvalue weighted by molar-refractivity contribution is -0.144. The molecule has 0 aromatic carbocycles. The predicted molar refractivity (Wildman–Crippen MR) is 42.2 cm³/mol. The Morgan fingerprint density at radius 2 is 2.31 bits per heavy atom. The number of hydrogen-bond acceptors (Lipinski definition) is 3. The number of rotatable bonds is 3. The van der Waals surface area contributed by atoms with E-state index in [9.17, 15) is 9.59 Å². The molecule has 0 aromatic rings. The molecule has 2 rings (SSSR count). The molecule has 5 nitrogen and oxygen atoms in total. The van der Waals surface area contributed by atoms with E-state index < -0.39 is 18.2 Å². The minimum atomic E-state index is -1.06. The molecule has 1 saturated carbocycles. The van der Waals surface area contributed by atoms with E-state index in [1.165, 1.54) is 4.90 Å². The van der Waals surface area contributed by atoms with Crippen LogP contribution in [0.15, 0.2) is 0 Å². The zero-order valence-corrected chi connectivity index (χ0v) is 7.10. The van der Waals surface area contributed by atoms with Gasteiger partial charge in [-0.25, -0.2) is 9.59 Å². The summed E-state index contributed by atoms with van der Waals surface area (Å²) in [6.07, 6.45) is 0.828. The van der Waals surface area contributed by atoms with Crippen LogP contribution in [-0.4, -0.2) is 41.3 Å². The topological polar surface area (TPSA) is 66.8 Å². The molecule has 13 heavy (non-hydrogen) atoms. The minimum absolute atomic E-state index is 0.199. The average Bonchev–Trinajstić information content (AvgIpc) is 2.78. The Kier molecular flexibility index (Phi) is 1.86. The fraction of sp³-hybridized carbons (Fsp3) is 0.750. The standard InChI is InChI=1S/C8H11NO4/c10-7(11)6-4-9(8(12)13-6)3-5-1-2-5/h5-6H,1-4H2,(H,10,11)/t6-/m0/s1. The van der Waals surface area contributed by atoms with Crippen LogP contribution < -0.4 is 0 Å². The summed E-state index contributed by atoms with van der Waals surface area (Å²) in [5, 5.41) is 8.59. The Hall–Kier alpha value is -1.26. The number of nitrogens with zero attached hydrogens (tertiary/aromatic N) is 1. The fourth-order valence-electron chi connectivity index (χ4n) is 1.40. The second kappa shape index (κ2) is 2.90. The lowest BCUT2D eigenvalue weighted by Crippen LogP contribution is -2.29. The summed E-state index contributed by atoms with van der Waals surface area (Å²) in [6, 6.07) is 0. The first-order chi connectivity index (χ1) is 6.16. The molecule has 0 bridgehead atoms. The number of carbonyl (C=O) groups excluding carboxylic acids is 1. The van der Waals surface area contributed by atoms with E-state index in [-0.39, 0.29) is 6.54 Å². The molecule has 1 aliphatic carbocycles. The number of hydrogen-bond donors (Lipinski definition) is 1. The Bertz CT molecular complexity index is 249.